The lowest BCUT2D eigenvalue weighted by Gasteiger charge is -2.07. The highest BCUT2D eigenvalue weighted by molar-refractivity contribution is 6.05. The van der Waals surface area contributed by atoms with Crippen molar-refractivity contribution in [2.45, 2.75) is 13.8 Å². The summed E-state index contributed by atoms with van der Waals surface area (Å²) in [6.07, 6.45) is 2.71. The van der Waals surface area contributed by atoms with E-state index in [0.29, 0.717) is 16.8 Å². The number of amides is 1. The zero-order chi connectivity index (χ0) is 24.7. The Morgan fingerprint density at radius 2 is 1.36 bits per heavy atom. The minimum absolute atomic E-state index is 0.0331. The van der Waals surface area contributed by atoms with E-state index >= 15 is 0 Å². The number of aromatic carboxylic acids is 1. The Morgan fingerprint density at radius 3 is 1.82 bits per heavy atom. The van der Waals surface area contributed by atoms with Crippen LogP contribution >= 0.6 is 0 Å². The first kappa shape index (κ1) is 24.3. The average molecular weight is 454 g/mol. The number of benzene rings is 2. The number of carboxylic acids is 1. The average Bonchev–Trinajstić information content (AvgIpc) is 2.75. The summed E-state index contributed by atoms with van der Waals surface area (Å²) < 4.78 is 0. The van der Waals surface area contributed by atoms with Gasteiger partial charge in [0, 0.05) is 29.8 Å². The Morgan fingerprint density at radius 1 is 0.909 bits per heavy atom. The monoisotopic (exact) mass is 454 g/mol. The number of nitrogens with one attached hydrogen (secondary N) is 1. The number of aryl methyl sites for hydroxylation is 2. The zero-order valence-corrected chi connectivity index (χ0v) is 17.4. The van der Waals surface area contributed by atoms with E-state index < -0.39 is 21.7 Å². The fourth-order valence-electron chi connectivity index (χ4n) is 2.52. The third-order valence-electron chi connectivity index (χ3n) is 4.27. The molecule has 0 aliphatic heterocycles. The van der Waals surface area contributed by atoms with Gasteiger partial charge in [0.15, 0.2) is 0 Å². The molecule has 1 amide bonds. The van der Waals surface area contributed by atoms with E-state index in [9.17, 15) is 29.8 Å². The van der Waals surface area contributed by atoms with Crippen molar-refractivity contribution >= 4 is 34.9 Å². The summed E-state index contributed by atoms with van der Waals surface area (Å²) in [4.78, 5) is 50.0. The van der Waals surface area contributed by atoms with E-state index in [1.807, 2.05) is 0 Å². The number of nitro groups is 2. The number of carbonyl (C=O) groups is 2. The Bertz CT molecular complexity index is 1230. The fourth-order valence-corrected chi connectivity index (χ4v) is 2.52. The molecule has 0 unspecified atom stereocenters. The molecule has 0 atom stereocenters. The molecule has 0 saturated heterocycles. The molecule has 33 heavy (non-hydrogen) atoms. The number of hydrogen-bond acceptors (Lipinski definition) is 9. The lowest BCUT2D eigenvalue weighted by Crippen LogP contribution is -2.14. The van der Waals surface area contributed by atoms with Gasteiger partial charge < -0.3 is 16.2 Å². The molecule has 0 saturated carbocycles. The smallest absolute Gasteiger partial charge is 0.336 e. The van der Waals surface area contributed by atoms with E-state index in [0.717, 1.165) is 6.07 Å². The summed E-state index contributed by atoms with van der Waals surface area (Å²) in [5.74, 6) is -1.53. The van der Waals surface area contributed by atoms with Crippen LogP contribution in [0.5, 0.6) is 0 Å². The standard InChI is InChI=1S/C12H11N5O3.C8H7NO4/c1-7-2-3-9(17(19)20)4-10(7)11(18)16-8-5-14-12(13)15-6-8;1-5-2-3-6(9(12)13)4-7(5)8(10)11/h2-6H,1H3,(H,16,18)(H2,13,14,15);2-4H,1H3,(H,10,11). The quantitative estimate of drug-likeness (QED) is 0.379. The van der Waals surface area contributed by atoms with Crippen LogP contribution < -0.4 is 11.1 Å². The number of rotatable bonds is 5. The molecule has 0 spiro atoms. The first-order valence-electron chi connectivity index (χ1n) is 9.12. The molecule has 3 rings (SSSR count). The molecule has 2 aromatic carbocycles. The van der Waals surface area contributed by atoms with Gasteiger partial charge in [0.2, 0.25) is 5.95 Å². The summed E-state index contributed by atoms with van der Waals surface area (Å²) in [7, 11) is 0. The molecule has 4 N–H and O–H groups in total. The summed E-state index contributed by atoms with van der Waals surface area (Å²) in [5, 5.41) is 32.2. The molecular weight excluding hydrogens is 436 g/mol. The van der Waals surface area contributed by atoms with Crippen LogP contribution in [0, 0.1) is 34.1 Å². The van der Waals surface area contributed by atoms with Gasteiger partial charge in [-0.05, 0) is 25.0 Å². The Kier molecular flexibility index (Phi) is 7.66. The maximum Gasteiger partial charge on any atom is 0.336 e. The number of carbonyl (C=O) groups excluding carboxylic acids is 1. The maximum atomic E-state index is 12.1. The van der Waals surface area contributed by atoms with E-state index in [4.69, 9.17) is 10.8 Å². The Balaban J connectivity index is 0.000000257. The molecule has 0 radical (unpaired) electrons. The number of nitrogen functional groups attached to an aromatic ring is 1. The topological polar surface area (TPSA) is 204 Å². The Hall–Kier alpha value is -4.94. The van der Waals surface area contributed by atoms with Crippen molar-refractivity contribution in [1.29, 1.82) is 0 Å². The fraction of sp³-hybridized carbons (Fsp3) is 0.100. The first-order valence-corrected chi connectivity index (χ1v) is 9.12. The second-order valence-corrected chi connectivity index (χ2v) is 6.60. The summed E-state index contributed by atoms with van der Waals surface area (Å²) >= 11 is 0. The van der Waals surface area contributed by atoms with Crippen LogP contribution in [0.1, 0.15) is 31.8 Å². The van der Waals surface area contributed by atoms with Gasteiger partial charge in [-0.25, -0.2) is 14.8 Å². The van der Waals surface area contributed by atoms with E-state index in [2.05, 4.69) is 15.3 Å². The largest absolute Gasteiger partial charge is 0.478 e. The third-order valence-corrected chi connectivity index (χ3v) is 4.27. The van der Waals surface area contributed by atoms with E-state index in [1.165, 1.54) is 42.7 Å². The second kappa shape index (κ2) is 10.4. The zero-order valence-electron chi connectivity index (χ0n) is 17.4. The van der Waals surface area contributed by atoms with Crippen molar-refractivity contribution in [2.75, 3.05) is 11.1 Å². The first-order chi connectivity index (χ1) is 15.5. The predicted molar refractivity (Wildman–Crippen MR) is 117 cm³/mol. The van der Waals surface area contributed by atoms with Crippen LogP contribution in [0.15, 0.2) is 48.8 Å². The van der Waals surface area contributed by atoms with Gasteiger partial charge in [-0.1, -0.05) is 12.1 Å². The van der Waals surface area contributed by atoms with Gasteiger partial charge in [0.05, 0.1) is 33.5 Å². The van der Waals surface area contributed by atoms with Crippen molar-refractivity contribution in [3.63, 3.8) is 0 Å². The number of non-ortho nitro benzene ring substituents is 2. The molecule has 13 heteroatoms. The molecule has 3 aromatic rings. The van der Waals surface area contributed by atoms with Crippen molar-refractivity contribution < 1.29 is 24.5 Å². The highest BCUT2D eigenvalue weighted by Crippen LogP contribution is 2.19. The van der Waals surface area contributed by atoms with Crippen LogP contribution in [-0.4, -0.2) is 36.8 Å². The van der Waals surface area contributed by atoms with Crippen LogP contribution in [0.2, 0.25) is 0 Å². The lowest BCUT2D eigenvalue weighted by atomic mass is 10.1. The lowest BCUT2D eigenvalue weighted by molar-refractivity contribution is -0.385. The van der Waals surface area contributed by atoms with Crippen molar-refractivity contribution in [3.8, 4) is 0 Å². The maximum absolute atomic E-state index is 12.1. The SMILES string of the molecule is Cc1ccc([N+](=O)[O-])cc1C(=O)Nc1cnc(N)nc1.Cc1ccc([N+](=O)[O-])cc1C(=O)O. The highest BCUT2D eigenvalue weighted by Gasteiger charge is 2.15. The molecule has 0 aliphatic carbocycles. The van der Waals surface area contributed by atoms with Gasteiger partial charge in [-0.3, -0.25) is 25.0 Å². The number of aromatic nitrogens is 2. The molecule has 170 valence electrons. The number of nitrogens with two attached hydrogens (primary N) is 1. The van der Waals surface area contributed by atoms with Crippen molar-refractivity contribution in [1.82, 2.24) is 9.97 Å². The van der Waals surface area contributed by atoms with Gasteiger partial charge in [0.25, 0.3) is 17.3 Å². The van der Waals surface area contributed by atoms with Gasteiger partial charge in [-0.2, -0.15) is 0 Å². The summed E-state index contributed by atoms with van der Waals surface area (Å²) in [6, 6.07) is 7.84. The molecule has 0 aliphatic rings. The third kappa shape index (κ3) is 6.52. The van der Waals surface area contributed by atoms with E-state index in [-0.39, 0.29) is 28.5 Å². The minimum Gasteiger partial charge on any atom is -0.478 e. The molecular formula is C20H18N6O7. The van der Waals surface area contributed by atoms with Crippen LogP contribution in [0.3, 0.4) is 0 Å². The summed E-state index contributed by atoms with van der Waals surface area (Å²) in [5.41, 5.74) is 6.67. The normalized spacial score (nSPS) is 9.88. The van der Waals surface area contributed by atoms with Gasteiger partial charge in [0.1, 0.15) is 0 Å². The number of nitrogens with zero attached hydrogens (tertiary/aromatic N) is 4. The Labute approximate surface area is 186 Å². The molecule has 1 aromatic heterocycles. The minimum atomic E-state index is -1.15. The molecule has 1 heterocycles. The van der Waals surface area contributed by atoms with Crippen molar-refractivity contribution in [3.05, 3.63) is 91.3 Å². The number of anilines is 2. The molecule has 0 bridgehead atoms. The molecule has 13 nitrogen and oxygen atoms in total. The predicted octanol–water partition coefficient (Wildman–Crippen LogP) is 3.13. The van der Waals surface area contributed by atoms with Gasteiger partial charge >= 0.3 is 5.97 Å². The second-order valence-electron chi connectivity index (χ2n) is 6.60. The highest BCUT2D eigenvalue weighted by atomic mass is 16.6. The number of nitro benzene ring substituents is 2. The number of hydrogen-bond donors (Lipinski definition) is 3. The van der Waals surface area contributed by atoms with Crippen LogP contribution in [0.25, 0.3) is 0 Å². The van der Waals surface area contributed by atoms with Crippen molar-refractivity contribution in [2.24, 2.45) is 0 Å². The molecule has 0 fully saturated rings. The van der Waals surface area contributed by atoms with E-state index in [1.54, 1.807) is 13.8 Å². The summed E-state index contributed by atoms with van der Waals surface area (Å²) in [6.45, 7) is 3.28. The van der Waals surface area contributed by atoms with Gasteiger partial charge in [-0.15, -0.1) is 0 Å². The van der Waals surface area contributed by atoms with Crippen LogP contribution in [0.4, 0.5) is 23.0 Å². The van der Waals surface area contributed by atoms with Crippen LogP contribution in [-0.2, 0) is 0 Å². The number of carboxylic acid groups (broad SMARTS) is 1.